The fourth-order valence-electron chi connectivity index (χ4n) is 5.25. The van der Waals surface area contributed by atoms with Gasteiger partial charge in [-0.2, -0.15) is 10.5 Å². The van der Waals surface area contributed by atoms with Crippen molar-refractivity contribution in [1.82, 2.24) is 0 Å². The highest BCUT2D eigenvalue weighted by Gasteiger charge is 2.16. The molecule has 0 aliphatic heterocycles. The lowest BCUT2D eigenvalue weighted by molar-refractivity contribution is 1.38. The maximum Gasteiger partial charge on any atom is 0.100 e. The average molecular weight is 445 g/mol. The SMILES string of the molecule is Cc1cccc(-c2cccc(-c3ccc4c5ccccc5c5ccccc5c4c3)c2C#N)c1C#N. The maximum atomic E-state index is 10.2. The van der Waals surface area contributed by atoms with Crippen LogP contribution < -0.4 is 0 Å². The summed E-state index contributed by atoms with van der Waals surface area (Å²) >= 11 is 0. The molecule has 6 aromatic carbocycles. The molecule has 0 saturated heterocycles. The summed E-state index contributed by atoms with van der Waals surface area (Å²) in [5.74, 6) is 0. The van der Waals surface area contributed by atoms with Gasteiger partial charge in [-0.25, -0.2) is 0 Å². The van der Waals surface area contributed by atoms with Gasteiger partial charge in [0.1, 0.15) is 12.1 Å². The minimum absolute atomic E-state index is 0.582. The number of nitrogens with zero attached hydrogens (tertiary/aromatic N) is 2. The fourth-order valence-corrected chi connectivity index (χ4v) is 5.25. The fraction of sp³-hybridized carbons (Fsp3) is 0.0303. The van der Waals surface area contributed by atoms with Gasteiger partial charge in [-0.1, -0.05) is 97.1 Å². The van der Waals surface area contributed by atoms with Crippen LogP contribution in [0.1, 0.15) is 16.7 Å². The molecule has 0 radical (unpaired) electrons. The molecule has 0 fully saturated rings. The van der Waals surface area contributed by atoms with Gasteiger partial charge in [0, 0.05) is 16.7 Å². The second-order valence-corrected chi connectivity index (χ2v) is 8.80. The summed E-state index contributed by atoms with van der Waals surface area (Å²) in [6.07, 6.45) is 0. The quantitative estimate of drug-likeness (QED) is 0.251. The normalized spacial score (nSPS) is 10.9. The van der Waals surface area contributed by atoms with Gasteiger partial charge in [0.05, 0.1) is 11.1 Å². The maximum absolute atomic E-state index is 10.2. The first-order valence-corrected chi connectivity index (χ1v) is 11.6. The van der Waals surface area contributed by atoms with E-state index in [4.69, 9.17) is 0 Å². The molecule has 0 bridgehead atoms. The monoisotopic (exact) mass is 444 g/mol. The first-order valence-electron chi connectivity index (χ1n) is 11.6. The Hall–Kier alpha value is -4.92. The molecule has 2 nitrogen and oxygen atoms in total. The van der Waals surface area contributed by atoms with E-state index in [0.717, 1.165) is 27.8 Å². The predicted molar refractivity (Wildman–Crippen MR) is 144 cm³/mol. The third-order valence-corrected chi connectivity index (χ3v) is 6.91. The Kier molecular flexibility index (Phi) is 4.81. The second-order valence-electron chi connectivity index (χ2n) is 8.80. The first-order chi connectivity index (χ1) is 17.2. The standard InChI is InChI=1S/C33H20N2/c1-21-8-6-14-28(32(21)19-34)29-15-7-13-23(33(29)20-35)22-16-17-30-26-11-3-2-9-24(26)25-10-4-5-12-27(25)31(30)18-22/h2-18H,1H3. The smallest absolute Gasteiger partial charge is 0.100 e. The van der Waals surface area contributed by atoms with Crippen LogP contribution in [0, 0.1) is 29.6 Å². The van der Waals surface area contributed by atoms with E-state index in [1.54, 1.807) is 0 Å². The van der Waals surface area contributed by atoms with E-state index in [9.17, 15) is 10.5 Å². The Morgan fingerprint density at radius 2 is 0.943 bits per heavy atom. The van der Waals surface area contributed by atoms with Crippen molar-refractivity contribution in [1.29, 1.82) is 10.5 Å². The molecular weight excluding hydrogens is 424 g/mol. The predicted octanol–water partition coefficient (Wildman–Crippen LogP) is 8.53. The Labute approximate surface area is 203 Å². The van der Waals surface area contributed by atoms with Crippen LogP contribution in [0.2, 0.25) is 0 Å². The molecule has 0 unspecified atom stereocenters. The van der Waals surface area contributed by atoms with Crippen molar-refractivity contribution < 1.29 is 0 Å². The van der Waals surface area contributed by atoms with E-state index < -0.39 is 0 Å². The molecule has 0 saturated carbocycles. The van der Waals surface area contributed by atoms with Crippen molar-refractivity contribution >= 4 is 32.3 Å². The van der Waals surface area contributed by atoms with Crippen molar-refractivity contribution in [2.75, 3.05) is 0 Å². The summed E-state index contributed by atoms with van der Waals surface area (Å²) in [5, 5.41) is 27.3. The van der Waals surface area contributed by atoms with Crippen LogP contribution in [0.25, 0.3) is 54.6 Å². The molecule has 0 aromatic heterocycles. The summed E-state index contributed by atoms with van der Waals surface area (Å²) < 4.78 is 0. The summed E-state index contributed by atoms with van der Waals surface area (Å²) in [5.41, 5.74) is 5.54. The van der Waals surface area contributed by atoms with Crippen LogP contribution in [0.15, 0.2) is 103 Å². The molecule has 0 spiro atoms. The van der Waals surface area contributed by atoms with Crippen LogP contribution in [-0.2, 0) is 0 Å². The van der Waals surface area contributed by atoms with Crippen molar-refractivity contribution in [2.45, 2.75) is 6.92 Å². The topological polar surface area (TPSA) is 47.6 Å². The van der Waals surface area contributed by atoms with Gasteiger partial charge in [0.15, 0.2) is 0 Å². The lowest BCUT2D eigenvalue weighted by atomic mass is 9.87. The van der Waals surface area contributed by atoms with Gasteiger partial charge >= 0.3 is 0 Å². The van der Waals surface area contributed by atoms with E-state index in [1.807, 2.05) is 43.3 Å². The number of hydrogen-bond donors (Lipinski definition) is 0. The Morgan fingerprint density at radius 1 is 0.457 bits per heavy atom. The number of hydrogen-bond acceptors (Lipinski definition) is 2. The molecule has 35 heavy (non-hydrogen) atoms. The molecule has 0 amide bonds. The van der Waals surface area contributed by atoms with Crippen molar-refractivity contribution in [3.8, 4) is 34.4 Å². The van der Waals surface area contributed by atoms with Crippen molar-refractivity contribution in [2.24, 2.45) is 0 Å². The molecule has 6 aromatic rings. The lowest BCUT2D eigenvalue weighted by Crippen LogP contribution is -1.94. The Morgan fingerprint density at radius 3 is 1.54 bits per heavy atom. The Bertz CT molecular complexity index is 1850. The van der Waals surface area contributed by atoms with Crippen LogP contribution in [0.5, 0.6) is 0 Å². The zero-order chi connectivity index (χ0) is 23.9. The molecule has 162 valence electrons. The molecule has 0 aliphatic carbocycles. The van der Waals surface area contributed by atoms with Gasteiger partial charge in [-0.15, -0.1) is 0 Å². The van der Waals surface area contributed by atoms with Gasteiger partial charge in [-0.3, -0.25) is 0 Å². The van der Waals surface area contributed by atoms with Crippen molar-refractivity contribution in [3.05, 3.63) is 120 Å². The summed E-state index contributed by atoms with van der Waals surface area (Å²) in [4.78, 5) is 0. The lowest BCUT2D eigenvalue weighted by Gasteiger charge is -2.14. The van der Waals surface area contributed by atoms with E-state index in [-0.39, 0.29) is 0 Å². The molecular formula is C33H20N2. The van der Waals surface area contributed by atoms with Gasteiger partial charge in [0.25, 0.3) is 0 Å². The van der Waals surface area contributed by atoms with E-state index in [2.05, 4.69) is 78.9 Å². The molecule has 0 atom stereocenters. The van der Waals surface area contributed by atoms with Crippen molar-refractivity contribution in [3.63, 3.8) is 0 Å². The number of aryl methyl sites for hydroxylation is 1. The highest BCUT2D eigenvalue weighted by Crippen LogP contribution is 2.39. The first kappa shape index (κ1) is 20.7. The summed E-state index contributed by atoms with van der Waals surface area (Å²) in [6.45, 7) is 1.93. The molecule has 6 rings (SSSR count). The van der Waals surface area contributed by atoms with E-state index in [1.165, 1.54) is 32.3 Å². The average Bonchev–Trinajstić information content (AvgIpc) is 2.92. The highest BCUT2D eigenvalue weighted by atomic mass is 14.3. The third-order valence-electron chi connectivity index (χ3n) is 6.91. The Balaban J connectivity index is 1.66. The van der Waals surface area contributed by atoms with Gasteiger partial charge < -0.3 is 0 Å². The second kappa shape index (κ2) is 8.14. The molecule has 0 heterocycles. The minimum atomic E-state index is 0.582. The van der Waals surface area contributed by atoms with Gasteiger partial charge in [-0.05, 0) is 56.4 Å². The number of benzene rings is 6. The number of nitriles is 2. The highest BCUT2D eigenvalue weighted by molar-refractivity contribution is 6.25. The van der Waals surface area contributed by atoms with Crippen LogP contribution >= 0.6 is 0 Å². The molecule has 2 heteroatoms. The minimum Gasteiger partial charge on any atom is -0.192 e. The summed E-state index contributed by atoms with van der Waals surface area (Å²) in [6, 6.07) is 39.9. The van der Waals surface area contributed by atoms with E-state index >= 15 is 0 Å². The van der Waals surface area contributed by atoms with E-state index in [0.29, 0.717) is 11.1 Å². The van der Waals surface area contributed by atoms with Crippen LogP contribution in [-0.4, -0.2) is 0 Å². The number of fused-ring (bicyclic) bond motifs is 6. The van der Waals surface area contributed by atoms with Crippen LogP contribution in [0.3, 0.4) is 0 Å². The zero-order valence-electron chi connectivity index (χ0n) is 19.2. The zero-order valence-corrected chi connectivity index (χ0v) is 19.2. The third kappa shape index (κ3) is 3.17. The van der Waals surface area contributed by atoms with Gasteiger partial charge in [0.2, 0.25) is 0 Å². The number of rotatable bonds is 2. The molecule has 0 N–H and O–H groups in total. The largest absolute Gasteiger partial charge is 0.192 e. The summed E-state index contributed by atoms with van der Waals surface area (Å²) in [7, 11) is 0. The molecule has 0 aliphatic rings. The van der Waals surface area contributed by atoms with Crippen LogP contribution in [0.4, 0.5) is 0 Å².